The van der Waals surface area contributed by atoms with Crippen LogP contribution < -0.4 is 5.32 Å². The summed E-state index contributed by atoms with van der Waals surface area (Å²) >= 11 is 0. The Morgan fingerprint density at radius 3 is 2.06 bits per heavy atom. The zero-order valence-corrected chi connectivity index (χ0v) is 20.2. The number of rotatable bonds is 10. The van der Waals surface area contributed by atoms with Gasteiger partial charge in [0, 0.05) is 38.5 Å². The summed E-state index contributed by atoms with van der Waals surface area (Å²) in [6, 6.07) is -0.977. The maximum absolute atomic E-state index is 12.0. The third-order valence-electron chi connectivity index (χ3n) is 4.00. The first kappa shape index (κ1) is 28.0. The molecule has 0 aromatic rings. The largest absolute Gasteiger partial charge is 0.463 e. The van der Waals surface area contributed by atoms with Crippen molar-refractivity contribution in [1.82, 2.24) is 5.32 Å². The van der Waals surface area contributed by atoms with E-state index in [0.717, 1.165) is 41.9 Å². The molecule has 0 aromatic heterocycles. The number of carbonyl (C=O) groups excluding carboxylic acids is 5. The molecule has 1 saturated heterocycles. The molecule has 32 heavy (non-hydrogen) atoms. The van der Waals surface area contributed by atoms with Crippen LogP contribution in [-0.2, 0) is 42.9 Å². The molecule has 0 unspecified atom stereocenters. The molecule has 1 aliphatic heterocycles. The fourth-order valence-corrected chi connectivity index (χ4v) is 4.78. The van der Waals surface area contributed by atoms with Crippen molar-refractivity contribution in [2.24, 2.45) is 0 Å². The molecule has 0 bridgehead atoms. The van der Waals surface area contributed by atoms with E-state index in [1.54, 1.807) is 0 Å². The number of hydrogen-bond donors (Lipinski definition) is 1. The van der Waals surface area contributed by atoms with Crippen LogP contribution in [0.3, 0.4) is 0 Å². The van der Waals surface area contributed by atoms with Crippen LogP contribution in [0.1, 0.15) is 47.5 Å². The van der Waals surface area contributed by atoms with Crippen LogP contribution in [0, 0.1) is 0 Å². The highest BCUT2D eigenvalue weighted by Crippen LogP contribution is 2.38. The second-order valence-electron chi connectivity index (χ2n) is 6.85. The van der Waals surface area contributed by atoms with Gasteiger partial charge in [0.1, 0.15) is 24.2 Å². The van der Waals surface area contributed by atoms with Crippen molar-refractivity contribution in [3.8, 4) is 0 Å². The highest BCUT2D eigenvalue weighted by atomic mass is 33.1. The summed E-state index contributed by atoms with van der Waals surface area (Å²) in [5, 5.41) is 2.07. The molecule has 0 radical (unpaired) electrons. The normalized spacial score (nSPS) is 24.7. The quantitative estimate of drug-likeness (QED) is 0.205. The van der Waals surface area contributed by atoms with E-state index in [9.17, 15) is 24.0 Å². The Bertz CT molecular complexity index is 689. The lowest BCUT2D eigenvalue weighted by molar-refractivity contribution is -0.211. The van der Waals surface area contributed by atoms with Crippen molar-refractivity contribution in [3.63, 3.8) is 0 Å². The lowest BCUT2D eigenvalue weighted by atomic mass is 9.97. The van der Waals surface area contributed by atoms with E-state index in [0.29, 0.717) is 6.42 Å². The van der Waals surface area contributed by atoms with Crippen molar-refractivity contribution < 1.29 is 47.7 Å². The fourth-order valence-electron chi connectivity index (χ4n) is 2.78. The van der Waals surface area contributed by atoms with Gasteiger partial charge < -0.3 is 29.0 Å². The molecule has 1 N–H and O–H groups in total. The van der Waals surface area contributed by atoms with E-state index < -0.39 is 58.9 Å². The van der Waals surface area contributed by atoms with Crippen LogP contribution in [0.2, 0.25) is 0 Å². The summed E-state index contributed by atoms with van der Waals surface area (Å²) in [5.74, 6) is -2.44. The topological polar surface area (TPSA) is 144 Å². The molecule has 182 valence electrons. The molecule has 1 fully saturated rings. The predicted octanol–water partition coefficient (Wildman–Crippen LogP) is 1.96. The Labute approximate surface area is 194 Å². The van der Waals surface area contributed by atoms with Crippen LogP contribution in [0.5, 0.6) is 0 Å². The second kappa shape index (κ2) is 14.2. The molecular formula is C19H29NO10S2. The number of unbranched alkanes of at least 4 members (excludes halogenated alkanes) is 1. The third kappa shape index (κ3) is 10.1. The van der Waals surface area contributed by atoms with Gasteiger partial charge in [-0.05, 0) is 17.2 Å². The first-order valence-electron chi connectivity index (χ1n) is 9.95. The van der Waals surface area contributed by atoms with E-state index in [2.05, 4.69) is 5.32 Å². The monoisotopic (exact) mass is 495 g/mol. The Morgan fingerprint density at radius 2 is 1.53 bits per heavy atom. The third-order valence-corrected chi connectivity index (χ3v) is 6.21. The van der Waals surface area contributed by atoms with E-state index in [1.807, 2.05) is 6.92 Å². The van der Waals surface area contributed by atoms with Gasteiger partial charge in [-0.25, -0.2) is 4.79 Å². The smallest absolute Gasteiger partial charge is 0.378 e. The van der Waals surface area contributed by atoms with Gasteiger partial charge in [0.15, 0.2) is 12.2 Å². The van der Waals surface area contributed by atoms with E-state index in [-0.39, 0.29) is 13.2 Å². The number of esters is 3. The molecule has 0 saturated carbocycles. The summed E-state index contributed by atoms with van der Waals surface area (Å²) in [4.78, 5) is 58.6. The van der Waals surface area contributed by atoms with Gasteiger partial charge in [-0.3, -0.25) is 19.2 Å². The van der Waals surface area contributed by atoms with Crippen molar-refractivity contribution in [2.75, 3.05) is 13.2 Å². The van der Waals surface area contributed by atoms with Crippen LogP contribution in [0.25, 0.3) is 0 Å². The molecule has 1 amide bonds. The minimum atomic E-state index is -1.18. The van der Waals surface area contributed by atoms with Crippen molar-refractivity contribution >= 4 is 50.7 Å². The SMILES string of the molecule is CCCCOC(=O)SS[C@@H]1O[C@H](COC(C)=O)[C@@H](OC(C)=O)[C@H](OC(C)=O)[C@H]1NC(C)=O. The fraction of sp³-hybridized carbons (Fsp3) is 0.737. The van der Waals surface area contributed by atoms with Gasteiger partial charge in [-0.2, -0.15) is 0 Å². The molecule has 5 atom stereocenters. The van der Waals surface area contributed by atoms with Crippen LogP contribution in [0.4, 0.5) is 4.79 Å². The summed E-state index contributed by atoms with van der Waals surface area (Å²) in [7, 11) is 1.69. The van der Waals surface area contributed by atoms with Gasteiger partial charge in [0.2, 0.25) is 5.91 Å². The predicted molar refractivity (Wildman–Crippen MR) is 115 cm³/mol. The van der Waals surface area contributed by atoms with Gasteiger partial charge in [0.05, 0.1) is 6.61 Å². The summed E-state index contributed by atoms with van der Waals surface area (Å²) < 4.78 is 26.7. The average molecular weight is 496 g/mol. The molecule has 1 aliphatic rings. The highest BCUT2D eigenvalue weighted by molar-refractivity contribution is 8.82. The summed E-state index contributed by atoms with van der Waals surface area (Å²) in [5.41, 5.74) is -0.931. The number of nitrogens with one attached hydrogen (secondary N) is 1. The number of ether oxygens (including phenoxy) is 5. The maximum Gasteiger partial charge on any atom is 0.378 e. The zero-order valence-electron chi connectivity index (χ0n) is 18.6. The molecule has 11 nitrogen and oxygen atoms in total. The Hall–Kier alpha value is -1.99. The number of hydrogen-bond acceptors (Lipinski definition) is 12. The standard InChI is InChI=1S/C19H29NO10S2/c1-6-7-8-26-19(25)32-31-18-15(20-10(2)21)17(29-13(5)24)16(28-12(4)23)14(30-18)9-27-11(3)22/h14-18H,6-9H2,1-5H3,(H,20,21)/t14-,15-,16-,17-,18+/m1/s1. The Kier molecular flexibility index (Phi) is 12.5. The first-order chi connectivity index (χ1) is 15.0. The van der Waals surface area contributed by atoms with Crippen LogP contribution >= 0.6 is 21.6 Å². The maximum atomic E-state index is 12.0. The number of carbonyl (C=O) groups is 5. The lowest BCUT2D eigenvalue weighted by Gasteiger charge is -2.44. The van der Waals surface area contributed by atoms with Crippen LogP contribution in [-0.4, -0.2) is 72.1 Å². The van der Waals surface area contributed by atoms with Gasteiger partial charge in [-0.1, -0.05) is 13.3 Å². The zero-order chi connectivity index (χ0) is 24.3. The van der Waals surface area contributed by atoms with E-state index in [1.165, 1.54) is 13.8 Å². The minimum absolute atomic E-state index is 0.267. The molecule has 0 spiro atoms. The van der Waals surface area contributed by atoms with E-state index in [4.69, 9.17) is 23.7 Å². The summed E-state index contributed by atoms with van der Waals surface area (Å²) in [6.07, 6.45) is -1.78. The van der Waals surface area contributed by atoms with Crippen molar-refractivity contribution in [2.45, 2.75) is 77.3 Å². The highest BCUT2D eigenvalue weighted by Gasteiger charge is 2.51. The van der Waals surface area contributed by atoms with Crippen LogP contribution in [0.15, 0.2) is 0 Å². The number of amides is 1. The molecule has 0 aliphatic carbocycles. The Morgan fingerprint density at radius 1 is 0.906 bits per heavy atom. The van der Waals surface area contributed by atoms with Gasteiger partial charge in [-0.15, -0.1) is 0 Å². The van der Waals surface area contributed by atoms with Gasteiger partial charge >= 0.3 is 23.2 Å². The molecule has 13 heteroatoms. The Balaban J connectivity index is 3.15. The first-order valence-corrected chi connectivity index (χ1v) is 12.2. The summed E-state index contributed by atoms with van der Waals surface area (Å²) in [6.45, 7) is 6.69. The molecular weight excluding hydrogens is 466 g/mol. The van der Waals surface area contributed by atoms with Gasteiger partial charge in [0.25, 0.3) is 0 Å². The molecule has 0 aromatic carbocycles. The van der Waals surface area contributed by atoms with E-state index >= 15 is 0 Å². The van der Waals surface area contributed by atoms with Crippen molar-refractivity contribution in [1.29, 1.82) is 0 Å². The lowest BCUT2D eigenvalue weighted by Crippen LogP contribution is -2.65. The average Bonchev–Trinajstić information content (AvgIpc) is 2.67. The molecule has 1 rings (SSSR count). The second-order valence-corrected chi connectivity index (χ2v) is 9.09. The molecule has 1 heterocycles. The van der Waals surface area contributed by atoms with Crippen molar-refractivity contribution in [3.05, 3.63) is 0 Å². The minimum Gasteiger partial charge on any atom is -0.463 e.